The Morgan fingerprint density at radius 1 is 1.38 bits per heavy atom. The lowest BCUT2D eigenvalue weighted by Crippen LogP contribution is -2.15. The van der Waals surface area contributed by atoms with Crippen molar-refractivity contribution in [3.63, 3.8) is 0 Å². The molecule has 0 atom stereocenters. The fraction of sp³-hybridized carbons (Fsp3) is 0.250. The molecule has 0 fully saturated rings. The number of H-pyrrole nitrogens is 1. The highest BCUT2D eigenvalue weighted by Gasteiger charge is 2.14. The SMILES string of the molecule is COc1cc(NC(=O)CSc2nc(N(C)C)nc3nc[nH]c23)ccc1O. The molecular weight excluding hydrogens is 356 g/mol. The Morgan fingerprint density at radius 3 is 2.92 bits per heavy atom. The first-order valence-electron chi connectivity index (χ1n) is 7.66. The summed E-state index contributed by atoms with van der Waals surface area (Å²) in [5, 5.41) is 13.0. The number of methoxy groups -OCH3 is 1. The van der Waals surface area contributed by atoms with Crippen molar-refractivity contribution in [2.75, 3.05) is 37.2 Å². The first-order chi connectivity index (χ1) is 12.5. The maximum Gasteiger partial charge on any atom is 0.234 e. The number of benzene rings is 1. The standard InChI is InChI=1S/C16H18N6O3S/c1-22(2)16-20-14-13(17-8-18-14)15(21-16)26-7-12(24)19-9-4-5-10(23)11(6-9)25-3/h4-6,8,23H,7H2,1-3H3,(H,19,24)(H,17,18,20,21). The number of phenols is 1. The summed E-state index contributed by atoms with van der Waals surface area (Å²) in [5.74, 6) is 0.775. The van der Waals surface area contributed by atoms with E-state index in [1.807, 2.05) is 14.1 Å². The minimum Gasteiger partial charge on any atom is -0.504 e. The van der Waals surface area contributed by atoms with Crippen molar-refractivity contribution in [1.29, 1.82) is 0 Å². The normalized spacial score (nSPS) is 10.7. The lowest BCUT2D eigenvalue weighted by atomic mass is 10.3. The topological polar surface area (TPSA) is 116 Å². The maximum atomic E-state index is 12.2. The number of aromatic amines is 1. The molecule has 3 rings (SSSR count). The van der Waals surface area contributed by atoms with Gasteiger partial charge in [0.05, 0.1) is 19.2 Å². The van der Waals surface area contributed by atoms with Gasteiger partial charge in [-0.2, -0.15) is 4.98 Å². The molecular formula is C16H18N6O3S. The van der Waals surface area contributed by atoms with Crippen LogP contribution in [0.2, 0.25) is 0 Å². The monoisotopic (exact) mass is 374 g/mol. The molecule has 10 heteroatoms. The number of ether oxygens (including phenoxy) is 1. The van der Waals surface area contributed by atoms with Crippen molar-refractivity contribution in [2.24, 2.45) is 0 Å². The minimum absolute atomic E-state index is 0.0127. The van der Waals surface area contributed by atoms with Gasteiger partial charge in [0.1, 0.15) is 10.5 Å². The zero-order chi connectivity index (χ0) is 18.7. The Hall–Kier alpha value is -3.01. The molecule has 0 aliphatic heterocycles. The van der Waals surface area contributed by atoms with Crippen LogP contribution in [0.1, 0.15) is 0 Å². The predicted molar refractivity (Wildman–Crippen MR) is 100 cm³/mol. The lowest BCUT2D eigenvalue weighted by Gasteiger charge is -2.11. The molecule has 2 aromatic heterocycles. The van der Waals surface area contributed by atoms with E-state index in [9.17, 15) is 9.90 Å². The van der Waals surface area contributed by atoms with Gasteiger partial charge in [-0.3, -0.25) is 4.79 Å². The number of carbonyl (C=O) groups excluding carboxylic acids is 1. The van der Waals surface area contributed by atoms with Crippen LogP contribution in [-0.4, -0.2) is 57.9 Å². The van der Waals surface area contributed by atoms with Crippen LogP contribution in [-0.2, 0) is 4.79 Å². The Labute approximate surface area is 153 Å². The smallest absolute Gasteiger partial charge is 0.234 e. The lowest BCUT2D eigenvalue weighted by molar-refractivity contribution is -0.113. The van der Waals surface area contributed by atoms with Gasteiger partial charge in [-0.15, -0.1) is 0 Å². The third-order valence-corrected chi connectivity index (χ3v) is 4.42. The second-order valence-corrected chi connectivity index (χ2v) is 6.51. The van der Waals surface area contributed by atoms with Crippen LogP contribution in [0.4, 0.5) is 11.6 Å². The van der Waals surface area contributed by atoms with E-state index in [2.05, 4.69) is 25.3 Å². The van der Waals surface area contributed by atoms with Crippen molar-refractivity contribution >= 4 is 40.5 Å². The molecule has 9 nitrogen and oxygen atoms in total. The minimum atomic E-state index is -0.208. The largest absolute Gasteiger partial charge is 0.504 e. The van der Waals surface area contributed by atoms with Gasteiger partial charge in [-0.05, 0) is 12.1 Å². The molecule has 0 spiro atoms. The number of anilines is 2. The van der Waals surface area contributed by atoms with Gasteiger partial charge in [0.2, 0.25) is 11.9 Å². The van der Waals surface area contributed by atoms with E-state index in [0.29, 0.717) is 33.6 Å². The number of hydrogen-bond acceptors (Lipinski definition) is 8. The molecule has 0 aliphatic carbocycles. The Morgan fingerprint density at radius 2 is 2.19 bits per heavy atom. The molecule has 3 aromatic rings. The summed E-state index contributed by atoms with van der Waals surface area (Å²) in [5.41, 5.74) is 1.78. The molecule has 1 aromatic carbocycles. The fourth-order valence-electron chi connectivity index (χ4n) is 2.19. The Bertz CT molecular complexity index is 943. The first kappa shape index (κ1) is 17.8. The molecule has 2 heterocycles. The molecule has 3 N–H and O–H groups in total. The molecule has 26 heavy (non-hydrogen) atoms. The van der Waals surface area contributed by atoms with E-state index in [-0.39, 0.29) is 17.4 Å². The highest BCUT2D eigenvalue weighted by Crippen LogP contribution is 2.29. The maximum absolute atomic E-state index is 12.2. The summed E-state index contributed by atoms with van der Waals surface area (Å²) in [7, 11) is 5.13. The second kappa shape index (κ2) is 7.48. The number of aromatic hydroxyl groups is 1. The molecule has 0 saturated heterocycles. The Kier molecular flexibility index (Phi) is 5.12. The van der Waals surface area contributed by atoms with E-state index in [1.54, 1.807) is 23.4 Å². The zero-order valence-corrected chi connectivity index (χ0v) is 15.3. The number of aromatic nitrogens is 4. The van der Waals surface area contributed by atoms with Gasteiger partial charge in [-0.25, -0.2) is 9.97 Å². The summed E-state index contributed by atoms with van der Waals surface area (Å²) in [6, 6.07) is 4.62. The van der Waals surface area contributed by atoms with Crippen molar-refractivity contribution in [3.8, 4) is 11.5 Å². The molecule has 1 amide bonds. The average Bonchev–Trinajstić information content (AvgIpc) is 3.09. The van der Waals surface area contributed by atoms with Crippen LogP contribution in [0.5, 0.6) is 11.5 Å². The number of amides is 1. The third-order valence-electron chi connectivity index (χ3n) is 3.44. The zero-order valence-electron chi connectivity index (χ0n) is 14.5. The van der Waals surface area contributed by atoms with Gasteiger partial charge in [0.15, 0.2) is 17.1 Å². The molecule has 0 aliphatic rings. The molecule has 0 radical (unpaired) electrons. The number of phenolic OH excluding ortho intramolecular Hbond substituents is 1. The second-order valence-electron chi connectivity index (χ2n) is 5.55. The number of hydrogen-bond donors (Lipinski definition) is 3. The number of nitrogens with one attached hydrogen (secondary N) is 2. The summed E-state index contributed by atoms with van der Waals surface area (Å²) in [6.07, 6.45) is 1.55. The molecule has 136 valence electrons. The third kappa shape index (κ3) is 3.80. The van der Waals surface area contributed by atoms with Crippen LogP contribution in [0.15, 0.2) is 29.6 Å². The number of rotatable bonds is 6. The van der Waals surface area contributed by atoms with Crippen molar-refractivity contribution in [3.05, 3.63) is 24.5 Å². The van der Waals surface area contributed by atoms with Gasteiger partial charge in [-0.1, -0.05) is 11.8 Å². The average molecular weight is 374 g/mol. The molecule has 0 bridgehead atoms. The van der Waals surface area contributed by atoms with E-state index in [1.165, 1.54) is 24.9 Å². The van der Waals surface area contributed by atoms with Crippen LogP contribution < -0.4 is 15.0 Å². The summed E-state index contributed by atoms with van der Waals surface area (Å²) in [6.45, 7) is 0. The van der Waals surface area contributed by atoms with Gasteiger partial charge in [0, 0.05) is 25.8 Å². The van der Waals surface area contributed by atoms with E-state index >= 15 is 0 Å². The van der Waals surface area contributed by atoms with E-state index in [4.69, 9.17) is 4.74 Å². The van der Waals surface area contributed by atoms with Crippen LogP contribution in [0.25, 0.3) is 11.2 Å². The van der Waals surface area contributed by atoms with E-state index < -0.39 is 0 Å². The van der Waals surface area contributed by atoms with Gasteiger partial charge >= 0.3 is 0 Å². The molecule has 0 unspecified atom stereocenters. The van der Waals surface area contributed by atoms with Crippen LogP contribution in [0, 0.1) is 0 Å². The fourth-order valence-corrected chi connectivity index (χ4v) is 2.97. The number of nitrogens with zero attached hydrogens (tertiary/aromatic N) is 4. The summed E-state index contributed by atoms with van der Waals surface area (Å²) < 4.78 is 5.03. The van der Waals surface area contributed by atoms with Crippen LogP contribution in [0.3, 0.4) is 0 Å². The number of thioether (sulfide) groups is 1. The number of carbonyl (C=O) groups is 1. The van der Waals surface area contributed by atoms with Crippen molar-refractivity contribution in [1.82, 2.24) is 19.9 Å². The summed E-state index contributed by atoms with van der Waals surface area (Å²) >= 11 is 1.28. The first-order valence-corrected chi connectivity index (χ1v) is 8.64. The summed E-state index contributed by atoms with van der Waals surface area (Å²) in [4.78, 5) is 30.0. The van der Waals surface area contributed by atoms with Gasteiger partial charge in [0.25, 0.3) is 0 Å². The highest BCUT2D eigenvalue weighted by molar-refractivity contribution is 8.00. The predicted octanol–water partition coefficient (Wildman–Crippen LogP) is 1.86. The number of fused-ring (bicyclic) bond motifs is 1. The van der Waals surface area contributed by atoms with Crippen LogP contribution >= 0.6 is 11.8 Å². The Balaban J connectivity index is 1.71. The number of imidazole rings is 1. The van der Waals surface area contributed by atoms with Crippen molar-refractivity contribution < 1.29 is 14.6 Å². The van der Waals surface area contributed by atoms with E-state index in [0.717, 1.165) is 0 Å². The van der Waals surface area contributed by atoms with Crippen molar-refractivity contribution in [2.45, 2.75) is 5.03 Å². The molecule has 0 saturated carbocycles. The highest BCUT2D eigenvalue weighted by atomic mass is 32.2. The quantitative estimate of drug-likeness (QED) is 0.340. The van der Waals surface area contributed by atoms with Gasteiger partial charge < -0.3 is 25.0 Å².